The van der Waals surface area contributed by atoms with E-state index in [4.69, 9.17) is 0 Å². The number of rotatable bonds is 5. The van der Waals surface area contributed by atoms with Crippen molar-refractivity contribution in [1.82, 2.24) is 10.6 Å². The Morgan fingerprint density at radius 2 is 1.90 bits per heavy atom. The summed E-state index contributed by atoms with van der Waals surface area (Å²) in [5, 5.41) is 6.57. The van der Waals surface area contributed by atoms with Crippen molar-refractivity contribution in [3.8, 4) is 0 Å². The average Bonchev–Trinajstić information content (AvgIpc) is 2.34. The van der Waals surface area contributed by atoms with Crippen LogP contribution in [-0.4, -0.2) is 19.0 Å². The number of halogens is 1. The molecule has 1 saturated heterocycles. The molecule has 0 bridgehead atoms. The van der Waals surface area contributed by atoms with E-state index in [0.717, 1.165) is 17.6 Å². The quantitative estimate of drug-likeness (QED) is 0.855. The van der Waals surface area contributed by atoms with E-state index >= 15 is 0 Å². The summed E-state index contributed by atoms with van der Waals surface area (Å²) in [6, 6.07) is 8.56. The van der Waals surface area contributed by atoms with Crippen molar-refractivity contribution in [2.75, 3.05) is 13.1 Å². The fourth-order valence-corrected chi connectivity index (χ4v) is 3.34. The van der Waals surface area contributed by atoms with Crippen LogP contribution in [-0.2, 0) is 4.79 Å². The lowest BCUT2D eigenvalue weighted by atomic mass is 9.76. The highest BCUT2D eigenvalue weighted by Gasteiger charge is 2.34. The van der Waals surface area contributed by atoms with Gasteiger partial charge in [0.15, 0.2) is 0 Å². The normalized spacial score (nSPS) is 22.0. The zero-order chi connectivity index (χ0) is 14.8. The fraction of sp³-hybridized carbons (Fsp3) is 0.588. The van der Waals surface area contributed by atoms with Crippen LogP contribution in [0.4, 0.5) is 0 Å². The molecule has 3 nitrogen and oxygen atoms in total. The van der Waals surface area contributed by atoms with Crippen molar-refractivity contribution < 1.29 is 4.79 Å². The number of benzene rings is 1. The van der Waals surface area contributed by atoms with Gasteiger partial charge in [-0.1, -0.05) is 41.4 Å². The highest BCUT2D eigenvalue weighted by molar-refractivity contribution is 9.10. The molecule has 0 aromatic heterocycles. The molecule has 21 heavy (non-hydrogen) atoms. The first-order chi connectivity index (χ1) is 10.1. The molecule has 1 saturated carbocycles. The number of hydrogen-bond donors (Lipinski definition) is 2. The molecule has 2 unspecified atom stereocenters. The second-order valence-corrected chi connectivity index (χ2v) is 7.35. The molecule has 1 aliphatic carbocycles. The van der Waals surface area contributed by atoms with E-state index in [1.165, 1.54) is 24.8 Å². The Kier molecular flexibility index (Phi) is 4.65. The molecule has 1 amide bonds. The first-order valence-electron chi connectivity index (χ1n) is 7.91. The van der Waals surface area contributed by atoms with E-state index in [2.05, 4.69) is 57.8 Å². The van der Waals surface area contributed by atoms with Crippen LogP contribution in [0.5, 0.6) is 0 Å². The Morgan fingerprint density at radius 3 is 2.38 bits per heavy atom. The summed E-state index contributed by atoms with van der Waals surface area (Å²) in [4.78, 5) is 12.5. The molecule has 0 spiro atoms. The first kappa shape index (κ1) is 15.0. The van der Waals surface area contributed by atoms with Gasteiger partial charge in [0.1, 0.15) is 0 Å². The van der Waals surface area contributed by atoms with Gasteiger partial charge < -0.3 is 10.6 Å². The topological polar surface area (TPSA) is 41.1 Å². The minimum Gasteiger partial charge on any atom is -0.349 e. The Morgan fingerprint density at radius 1 is 1.24 bits per heavy atom. The van der Waals surface area contributed by atoms with Gasteiger partial charge in [0.2, 0.25) is 5.91 Å². The summed E-state index contributed by atoms with van der Waals surface area (Å²) in [7, 11) is 0. The second kappa shape index (κ2) is 6.49. The smallest absolute Gasteiger partial charge is 0.223 e. The van der Waals surface area contributed by atoms with Gasteiger partial charge in [-0.2, -0.15) is 0 Å². The van der Waals surface area contributed by atoms with Gasteiger partial charge in [-0.05, 0) is 55.5 Å². The molecule has 2 aliphatic rings. The predicted octanol–water partition coefficient (Wildman–Crippen LogP) is 3.26. The van der Waals surface area contributed by atoms with Gasteiger partial charge in [-0.15, -0.1) is 0 Å². The van der Waals surface area contributed by atoms with E-state index in [1.807, 2.05) is 0 Å². The molecule has 2 atom stereocenters. The predicted molar refractivity (Wildman–Crippen MR) is 87.9 cm³/mol. The van der Waals surface area contributed by atoms with Gasteiger partial charge in [0.25, 0.3) is 0 Å². The Hall–Kier alpha value is -0.870. The highest BCUT2D eigenvalue weighted by atomic mass is 79.9. The van der Waals surface area contributed by atoms with Crippen LogP contribution < -0.4 is 10.6 Å². The monoisotopic (exact) mass is 350 g/mol. The number of amides is 1. The molecule has 1 aromatic rings. The minimum absolute atomic E-state index is 0.101. The van der Waals surface area contributed by atoms with Gasteiger partial charge in [-0.25, -0.2) is 0 Å². The fourth-order valence-electron chi connectivity index (χ4n) is 3.08. The third kappa shape index (κ3) is 3.32. The summed E-state index contributed by atoms with van der Waals surface area (Å²) in [6.45, 7) is 4.00. The van der Waals surface area contributed by atoms with E-state index in [0.29, 0.717) is 11.8 Å². The molecule has 0 radical (unpaired) electrons. The lowest BCUT2D eigenvalue weighted by Crippen LogP contribution is -2.50. The van der Waals surface area contributed by atoms with Crippen molar-refractivity contribution in [2.45, 2.75) is 32.2 Å². The van der Waals surface area contributed by atoms with E-state index in [9.17, 15) is 4.79 Å². The maximum Gasteiger partial charge on any atom is 0.223 e. The zero-order valence-electron chi connectivity index (χ0n) is 12.4. The number of carbonyl (C=O) groups is 1. The van der Waals surface area contributed by atoms with Crippen LogP contribution in [0.2, 0.25) is 0 Å². The molecular weight excluding hydrogens is 328 g/mol. The number of carbonyl (C=O) groups excluding carboxylic acids is 1. The zero-order valence-corrected chi connectivity index (χ0v) is 14.0. The molecule has 2 fully saturated rings. The third-order valence-corrected chi connectivity index (χ3v) is 5.61. The van der Waals surface area contributed by atoms with Crippen molar-refractivity contribution >= 4 is 21.8 Å². The van der Waals surface area contributed by atoms with Crippen molar-refractivity contribution in [2.24, 2.45) is 17.8 Å². The molecule has 4 heteroatoms. The average molecular weight is 351 g/mol. The Bertz CT molecular complexity index is 494. The Balaban J connectivity index is 1.70. The van der Waals surface area contributed by atoms with Crippen LogP contribution in [0.3, 0.4) is 0 Å². The van der Waals surface area contributed by atoms with Crippen LogP contribution in [0, 0.1) is 17.8 Å². The van der Waals surface area contributed by atoms with Gasteiger partial charge in [0, 0.05) is 10.4 Å². The van der Waals surface area contributed by atoms with Gasteiger partial charge >= 0.3 is 0 Å². The van der Waals surface area contributed by atoms with E-state index in [-0.39, 0.29) is 17.9 Å². The van der Waals surface area contributed by atoms with Gasteiger partial charge in [0.05, 0.1) is 6.04 Å². The van der Waals surface area contributed by atoms with E-state index < -0.39 is 0 Å². The molecule has 1 heterocycles. The summed E-state index contributed by atoms with van der Waals surface area (Å²) >= 11 is 3.48. The van der Waals surface area contributed by atoms with Crippen molar-refractivity contribution in [3.05, 3.63) is 34.3 Å². The largest absolute Gasteiger partial charge is 0.349 e. The van der Waals surface area contributed by atoms with Crippen LogP contribution in [0.1, 0.15) is 37.8 Å². The standard InChI is InChI=1S/C17H23BrN2O/c1-11(14-9-19-10-14)17(21)20-16(12-3-2-4-12)13-5-7-15(18)8-6-13/h5-8,11-12,14,16,19H,2-4,9-10H2,1H3,(H,20,21). The SMILES string of the molecule is CC(C(=O)NC(c1ccc(Br)cc1)C1CCC1)C1CNC1. The van der Waals surface area contributed by atoms with Crippen LogP contribution in [0.25, 0.3) is 0 Å². The lowest BCUT2D eigenvalue weighted by Gasteiger charge is -2.37. The molecular formula is C17H23BrN2O. The number of nitrogens with one attached hydrogen (secondary N) is 2. The van der Waals surface area contributed by atoms with Crippen molar-refractivity contribution in [3.63, 3.8) is 0 Å². The van der Waals surface area contributed by atoms with Gasteiger partial charge in [-0.3, -0.25) is 4.79 Å². The molecule has 1 aromatic carbocycles. The summed E-state index contributed by atoms with van der Waals surface area (Å²) in [5.74, 6) is 1.41. The summed E-state index contributed by atoms with van der Waals surface area (Å²) < 4.78 is 1.08. The lowest BCUT2D eigenvalue weighted by molar-refractivity contribution is -0.128. The molecule has 1 aliphatic heterocycles. The summed E-state index contributed by atoms with van der Waals surface area (Å²) in [5.41, 5.74) is 1.23. The maximum absolute atomic E-state index is 12.5. The first-order valence-corrected chi connectivity index (χ1v) is 8.71. The van der Waals surface area contributed by atoms with Crippen LogP contribution >= 0.6 is 15.9 Å². The second-order valence-electron chi connectivity index (χ2n) is 6.44. The highest BCUT2D eigenvalue weighted by Crippen LogP contribution is 2.38. The third-order valence-electron chi connectivity index (χ3n) is 5.08. The van der Waals surface area contributed by atoms with Crippen molar-refractivity contribution in [1.29, 1.82) is 0 Å². The number of hydrogen-bond acceptors (Lipinski definition) is 2. The minimum atomic E-state index is 0.101. The summed E-state index contributed by atoms with van der Waals surface area (Å²) in [6.07, 6.45) is 3.73. The molecule has 114 valence electrons. The molecule has 3 rings (SSSR count). The van der Waals surface area contributed by atoms with E-state index in [1.54, 1.807) is 0 Å². The maximum atomic E-state index is 12.5. The van der Waals surface area contributed by atoms with Crippen LogP contribution in [0.15, 0.2) is 28.7 Å². The molecule has 2 N–H and O–H groups in total. The Labute approximate surface area is 135 Å².